The standard InChI is InChI=1S/C9H17N5O/c1-14-12-9(11-13-14)7-10-6-8-4-2-3-5-15-8/h8,10H,2-7H2,1H3. The second kappa shape index (κ2) is 5.18. The van der Waals surface area contributed by atoms with E-state index in [-0.39, 0.29) is 0 Å². The van der Waals surface area contributed by atoms with Crippen molar-refractivity contribution in [3.63, 3.8) is 0 Å². The van der Waals surface area contributed by atoms with E-state index in [0.717, 1.165) is 25.4 Å². The first kappa shape index (κ1) is 10.5. The Labute approximate surface area is 89.0 Å². The highest BCUT2D eigenvalue weighted by Crippen LogP contribution is 2.11. The van der Waals surface area contributed by atoms with Crippen LogP contribution < -0.4 is 5.32 Å². The molecule has 6 heteroatoms. The van der Waals surface area contributed by atoms with Gasteiger partial charge in [0.15, 0.2) is 5.82 Å². The van der Waals surface area contributed by atoms with Crippen molar-refractivity contribution in [2.45, 2.75) is 31.9 Å². The summed E-state index contributed by atoms with van der Waals surface area (Å²) in [5.74, 6) is 0.730. The number of ether oxygens (including phenoxy) is 1. The lowest BCUT2D eigenvalue weighted by Gasteiger charge is -2.22. The van der Waals surface area contributed by atoms with Gasteiger partial charge in [0.05, 0.1) is 19.7 Å². The Bertz CT molecular complexity index is 294. The molecule has 1 aliphatic rings. The van der Waals surface area contributed by atoms with Crippen molar-refractivity contribution >= 4 is 0 Å². The number of aryl methyl sites for hydroxylation is 1. The maximum atomic E-state index is 5.60. The van der Waals surface area contributed by atoms with Crippen LogP contribution >= 0.6 is 0 Å². The summed E-state index contributed by atoms with van der Waals surface area (Å²) < 4.78 is 5.60. The quantitative estimate of drug-likeness (QED) is 0.751. The molecule has 1 atom stereocenters. The third kappa shape index (κ3) is 3.24. The van der Waals surface area contributed by atoms with E-state index in [1.807, 2.05) is 0 Å². The highest BCUT2D eigenvalue weighted by atomic mass is 16.5. The Morgan fingerprint density at radius 1 is 1.53 bits per heavy atom. The fraction of sp³-hybridized carbons (Fsp3) is 0.889. The smallest absolute Gasteiger partial charge is 0.188 e. The SMILES string of the molecule is Cn1nnc(CNCC2CCCCO2)n1. The number of nitrogens with one attached hydrogen (secondary N) is 1. The van der Waals surface area contributed by atoms with E-state index in [1.54, 1.807) is 7.05 Å². The van der Waals surface area contributed by atoms with Crippen LogP contribution in [0.25, 0.3) is 0 Å². The van der Waals surface area contributed by atoms with Crippen molar-refractivity contribution in [1.29, 1.82) is 0 Å². The fourth-order valence-electron chi connectivity index (χ4n) is 1.71. The number of hydrogen-bond donors (Lipinski definition) is 1. The summed E-state index contributed by atoms with van der Waals surface area (Å²) in [6.45, 7) is 2.43. The van der Waals surface area contributed by atoms with Crippen molar-refractivity contribution < 1.29 is 4.74 Å². The lowest BCUT2D eigenvalue weighted by atomic mass is 10.1. The first-order valence-electron chi connectivity index (χ1n) is 5.40. The molecule has 1 aromatic heterocycles. The molecule has 1 aliphatic heterocycles. The zero-order chi connectivity index (χ0) is 10.5. The second-order valence-electron chi connectivity index (χ2n) is 3.81. The molecule has 0 amide bonds. The van der Waals surface area contributed by atoms with Gasteiger partial charge in [-0.3, -0.25) is 0 Å². The molecule has 0 aromatic carbocycles. The average molecular weight is 211 g/mol. The summed E-state index contributed by atoms with van der Waals surface area (Å²) in [4.78, 5) is 1.47. The molecule has 0 saturated carbocycles. The molecular weight excluding hydrogens is 194 g/mol. The van der Waals surface area contributed by atoms with E-state index >= 15 is 0 Å². The molecule has 2 rings (SSSR count). The summed E-state index contributed by atoms with van der Waals surface area (Å²) in [5.41, 5.74) is 0. The van der Waals surface area contributed by atoms with E-state index in [9.17, 15) is 0 Å². The molecule has 0 spiro atoms. The highest BCUT2D eigenvalue weighted by Gasteiger charge is 2.13. The van der Waals surface area contributed by atoms with Crippen LogP contribution in [-0.2, 0) is 18.3 Å². The van der Waals surface area contributed by atoms with Gasteiger partial charge >= 0.3 is 0 Å². The Kier molecular flexibility index (Phi) is 3.63. The number of aromatic nitrogens is 4. The van der Waals surface area contributed by atoms with Crippen molar-refractivity contribution in [2.24, 2.45) is 7.05 Å². The molecule has 2 heterocycles. The Balaban J connectivity index is 1.65. The van der Waals surface area contributed by atoms with Crippen molar-refractivity contribution in [3.8, 4) is 0 Å². The largest absolute Gasteiger partial charge is 0.377 e. The molecule has 6 nitrogen and oxygen atoms in total. The van der Waals surface area contributed by atoms with Gasteiger partial charge in [0.2, 0.25) is 0 Å². The first-order valence-corrected chi connectivity index (χ1v) is 5.40. The predicted octanol–water partition coefficient (Wildman–Crippen LogP) is -0.131. The number of rotatable bonds is 4. The molecule has 1 N–H and O–H groups in total. The van der Waals surface area contributed by atoms with Crippen LogP contribution in [0, 0.1) is 0 Å². The predicted molar refractivity (Wildman–Crippen MR) is 54.1 cm³/mol. The summed E-state index contributed by atoms with van der Waals surface area (Å²) in [7, 11) is 1.76. The van der Waals surface area contributed by atoms with Gasteiger partial charge in [0.25, 0.3) is 0 Å². The number of hydrogen-bond acceptors (Lipinski definition) is 5. The van der Waals surface area contributed by atoms with E-state index in [1.165, 1.54) is 17.6 Å². The van der Waals surface area contributed by atoms with Crippen LogP contribution in [-0.4, -0.2) is 39.5 Å². The van der Waals surface area contributed by atoms with Crippen LogP contribution in [0.2, 0.25) is 0 Å². The van der Waals surface area contributed by atoms with Crippen molar-refractivity contribution in [3.05, 3.63) is 5.82 Å². The molecule has 1 unspecified atom stereocenters. The minimum absolute atomic E-state index is 0.357. The molecule has 1 fully saturated rings. The molecule has 0 aliphatic carbocycles. The van der Waals surface area contributed by atoms with Gasteiger partial charge in [0, 0.05) is 13.2 Å². The van der Waals surface area contributed by atoms with Gasteiger partial charge in [0.1, 0.15) is 0 Å². The van der Waals surface area contributed by atoms with Crippen molar-refractivity contribution in [1.82, 2.24) is 25.5 Å². The van der Waals surface area contributed by atoms with Gasteiger partial charge in [-0.2, -0.15) is 4.80 Å². The topological polar surface area (TPSA) is 64.9 Å². The van der Waals surface area contributed by atoms with Crippen LogP contribution in [0.5, 0.6) is 0 Å². The Morgan fingerprint density at radius 2 is 2.47 bits per heavy atom. The Morgan fingerprint density at radius 3 is 3.13 bits per heavy atom. The van der Waals surface area contributed by atoms with E-state index in [4.69, 9.17) is 4.74 Å². The number of tetrazole rings is 1. The summed E-state index contributed by atoms with van der Waals surface area (Å²) in [6.07, 6.45) is 3.98. The van der Waals surface area contributed by atoms with E-state index in [2.05, 4.69) is 20.7 Å². The fourth-order valence-corrected chi connectivity index (χ4v) is 1.71. The van der Waals surface area contributed by atoms with E-state index in [0.29, 0.717) is 12.6 Å². The van der Waals surface area contributed by atoms with Gasteiger partial charge < -0.3 is 10.1 Å². The maximum Gasteiger partial charge on any atom is 0.188 e. The molecule has 0 bridgehead atoms. The lowest BCUT2D eigenvalue weighted by molar-refractivity contribution is 0.0167. The maximum absolute atomic E-state index is 5.60. The van der Waals surface area contributed by atoms with Gasteiger partial charge in [-0.05, 0) is 24.5 Å². The molecule has 0 radical (unpaired) electrons. The van der Waals surface area contributed by atoms with Gasteiger partial charge in [-0.25, -0.2) is 0 Å². The molecule has 1 aromatic rings. The van der Waals surface area contributed by atoms with Crippen LogP contribution in [0.1, 0.15) is 25.1 Å². The molecule has 15 heavy (non-hydrogen) atoms. The normalized spacial score (nSPS) is 21.8. The van der Waals surface area contributed by atoms with E-state index < -0.39 is 0 Å². The van der Waals surface area contributed by atoms with Crippen LogP contribution in [0.4, 0.5) is 0 Å². The minimum Gasteiger partial charge on any atom is -0.377 e. The van der Waals surface area contributed by atoms with Crippen molar-refractivity contribution in [2.75, 3.05) is 13.2 Å². The lowest BCUT2D eigenvalue weighted by Crippen LogP contribution is -2.31. The average Bonchev–Trinajstić information content (AvgIpc) is 2.66. The summed E-state index contributed by atoms with van der Waals surface area (Å²) >= 11 is 0. The zero-order valence-electron chi connectivity index (χ0n) is 9.02. The third-order valence-electron chi connectivity index (χ3n) is 2.48. The zero-order valence-corrected chi connectivity index (χ0v) is 9.02. The van der Waals surface area contributed by atoms with Gasteiger partial charge in [-0.15, -0.1) is 10.2 Å². The van der Waals surface area contributed by atoms with Gasteiger partial charge in [-0.1, -0.05) is 0 Å². The highest BCUT2D eigenvalue weighted by molar-refractivity contribution is 4.76. The van der Waals surface area contributed by atoms with Crippen LogP contribution in [0.15, 0.2) is 0 Å². The third-order valence-corrected chi connectivity index (χ3v) is 2.48. The molecule has 1 saturated heterocycles. The molecule has 84 valence electrons. The second-order valence-corrected chi connectivity index (χ2v) is 3.81. The molecular formula is C9H17N5O. The summed E-state index contributed by atoms with van der Waals surface area (Å²) in [6, 6.07) is 0. The number of nitrogens with zero attached hydrogens (tertiary/aromatic N) is 4. The summed E-state index contributed by atoms with van der Waals surface area (Å²) in [5, 5.41) is 15.0. The monoisotopic (exact) mass is 211 g/mol. The first-order chi connectivity index (χ1) is 7.34. The van der Waals surface area contributed by atoms with Crippen LogP contribution in [0.3, 0.4) is 0 Å². The Hall–Kier alpha value is -1.01. The minimum atomic E-state index is 0.357.